The van der Waals surface area contributed by atoms with Crippen molar-refractivity contribution in [3.05, 3.63) is 59.7 Å². The maximum atomic E-state index is 12.2. The van der Waals surface area contributed by atoms with E-state index >= 15 is 0 Å². The average Bonchev–Trinajstić information content (AvgIpc) is 3.49. The molecule has 1 amide bonds. The number of hydrogen-bond donors (Lipinski definition) is 0. The Hall–Kier alpha value is -2.57. The molecule has 5 fully saturated rings. The summed E-state index contributed by atoms with van der Waals surface area (Å²) in [6.45, 7) is 0.845. The van der Waals surface area contributed by atoms with Crippen molar-refractivity contribution in [1.29, 1.82) is 0 Å². The monoisotopic (exact) mass is 527 g/mol. The minimum absolute atomic E-state index is 0.0985. The van der Waals surface area contributed by atoms with Crippen molar-refractivity contribution in [2.75, 3.05) is 12.5 Å². The van der Waals surface area contributed by atoms with Crippen LogP contribution in [-0.2, 0) is 16.8 Å². The Kier molecular flexibility index (Phi) is 4.98. The summed E-state index contributed by atoms with van der Waals surface area (Å²) in [7, 11) is 0. The first-order chi connectivity index (χ1) is 18.0. The van der Waals surface area contributed by atoms with Gasteiger partial charge in [-0.1, -0.05) is 54.3 Å². The Labute approximate surface area is 226 Å². The third-order valence-corrected chi connectivity index (χ3v) is 11.0. The summed E-state index contributed by atoms with van der Waals surface area (Å²) >= 11 is 6.84. The van der Waals surface area contributed by atoms with Crippen LogP contribution >= 0.6 is 24.0 Å². The van der Waals surface area contributed by atoms with Crippen LogP contribution in [0.3, 0.4) is 0 Å². The van der Waals surface area contributed by atoms with Crippen LogP contribution in [0.4, 0.5) is 0 Å². The Balaban J connectivity index is 1.21. The number of nitrogens with zero attached hydrogens (tertiary/aromatic N) is 1. The molecule has 3 aromatic carbocycles. The number of thiocarbonyl (C=S) groups is 1. The van der Waals surface area contributed by atoms with E-state index in [1.807, 2.05) is 0 Å². The van der Waals surface area contributed by atoms with Gasteiger partial charge in [0.1, 0.15) is 4.32 Å². The van der Waals surface area contributed by atoms with Gasteiger partial charge in [0.25, 0.3) is 0 Å². The lowest BCUT2D eigenvalue weighted by molar-refractivity contribution is -0.124. The molecule has 4 bridgehead atoms. The molecule has 1 saturated heterocycles. The summed E-state index contributed by atoms with van der Waals surface area (Å²) in [5, 5.41) is 2.39. The lowest BCUT2D eigenvalue weighted by Gasteiger charge is -2.57. The molecule has 9 rings (SSSR count). The van der Waals surface area contributed by atoms with Gasteiger partial charge in [-0.15, -0.1) is 0 Å². The minimum Gasteiger partial charge on any atom is -0.454 e. The molecule has 6 aliphatic rings. The number of thioether (sulfide) groups is 1. The molecule has 2 aliphatic heterocycles. The molecule has 0 radical (unpaired) electrons. The normalized spacial score (nSPS) is 29.6. The van der Waals surface area contributed by atoms with Gasteiger partial charge in [-0.2, -0.15) is 0 Å². The molecule has 37 heavy (non-hydrogen) atoms. The molecule has 4 aliphatic carbocycles. The maximum absolute atomic E-state index is 12.2. The van der Waals surface area contributed by atoms with Crippen molar-refractivity contribution in [3.8, 4) is 22.6 Å². The smallest absolute Gasteiger partial charge is 0.238 e. The van der Waals surface area contributed by atoms with E-state index in [-0.39, 0.29) is 11.3 Å². The SMILES string of the molecule is O=C1CSC(=S)N1Cc1ccc2c(-c3cc4c(c(C56CC7CC(CC(C7)C5)C6)c3)OCO4)cccc2c1. The third kappa shape index (κ3) is 3.55. The van der Waals surface area contributed by atoms with Gasteiger partial charge in [-0.05, 0) is 107 Å². The van der Waals surface area contributed by atoms with E-state index in [1.54, 1.807) is 4.90 Å². The lowest BCUT2D eigenvalue weighted by Crippen LogP contribution is -2.48. The number of carbonyl (C=O) groups is 1. The summed E-state index contributed by atoms with van der Waals surface area (Å²) in [5.74, 6) is 5.06. The van der Waals surface area contributed by atoms with Crippen LogP contribution in [0.1, 0.15) is 49.7 Å². The highest BCUT2D eigenvalue weighted by molar-refractivity contribution is 8.23. The number of amides is 1. The zero-order valence-corrected chi connectivity index (χ0v) is 22.3. The van der Waals surface area contributed by atoms with Gasteiger partial charge in [-0.3, -0.25) is 9.69 Å². The minimum atomic E-state index is 0.0985. The van der Waals surface area contributed by atoms with Crippen molar-refractivity contribution in [2.45, 2.75) is 50.5 Å². The summed E-state index contributed by atoms with van der Waals surface area (Å²) < 4.78 is 12.8. The van der Waals surface area contributed by atoms with Gasteiger partial charge in [-0.25, -0.2) is 0 Å². The molecule has 0 aromatic heterocycles. The Morgan fingerprint density at radius 1 is 0.973 bits per heavy atom. The summed E-state index contributed by atoms with van der Waals surface area (Å²) in [4.78, 5) is 14.0. The number of hydrogen-bond acceptors (Lipinski definition) is 5. The third-order valence-electron chi connectivity index (χ3n) is 9.52. The van der Waals surface area contributed by atoms with Crippen molar-refractivity contribution in [2.24, 2.45) is 17.8 Å². The maximum Gasteiger partial charge on any atom is 0.238 e. The average molecular weight is 528 g/mol. The van der Waals surface area contributed by atoms with Crippen molar-refractivity contribution in [3.63, 3.8) is 0 Å². The number of rotatable bonds is 4. The summed E-state index contributed by atoms with van der Waals surface area (Å²) in [6, 6.07) is 17.7. The first-order valence-corrected chi connectivity index (χ1v) is 14.9. The van der Waals surface area contributed by atoms with Crippen LogP contribution in [0.25, 0.3) is 21.9 Å². The van der Waals surface area contributed by atoms with Crippen LogP contribution in [0.15, 0.2) is 48.5 Å². The highest BCUT2D eigenvalue weighted by Crippen LogP contribution is 2.63. The van der Waals surface area contributed by atoms with Crippen LogP contribution in [0.2, 0.25) is 0 Å². The molecule has 2 heterocycles. The van der Waals surface area contributed by atoms with E-state index in [4.69, 9.17) is 21.7 Å². The van der Waals surface area contributed by atoms with E-state index in [9.17, 15) is 4.79 Å². The second kappa shape index (κ2) is 8.21. The van der Waals surface area contributed by atoms with Crippen molar-refractivity contribution >= 4 is 45.0 Å². The van der Waals surface area contributed by atoms with Gasteiger partial charge in [0, 0.05) is 5.56 Å². The molecule has 0 atom stereocenters. The van der Waals surface area contributed by atoms with Crippen LogP contribution in [0, 0.1) is 17.8 Å². The molecule has 0 N–H and O–H groups in total. The molecular weight excluding hydrogens is 498 g/mol. The first kappa shape index (κ1) is 22.4. The topological polar surface area (TPSA) is 38.8 Å². The lowest BCUT2D eigenvalue weighted by atomic mass is 9.48. The number of fused-ring (bicyclic) bond motifs is 2. The fourth-order valence-electron chi connectivity index (χ4n) is 8.40. The zero-order chi connectivity index (χ0) is 24.7. The highest BCUT2D eigenvalue weighted by Gasteiger charge is 2.53. The molecule has 4 nitrogen and oxygen atoms in total. The predicted molar refractivity (Wildman–Crippen MR) is 151 cm³/mol. The Morgan fingerprint density at radius 2 is 1.76 bits per heavy atom. The van der Waals surface area contributed by atoms with E-state index in [2.05, 4.69) is 48.5 Å². The van der Waals surface area contributed by atoms with Gasteiger partial charge >= 0.3 is 0 Å². The Bertz CT molecular complexity index is 1430. The highest BCUT2D eigenvalue weighted by atomic mass is 32.2. The van der Waals surface area contributed by atoms with Gasteiger partial charge in [0.2, 0.25) is 12.7 Å². The van der Waals surface area contributed by atoms with Gasteiger partial charge in [0.15, 0.2) is 11.5 Å². The van der Waals surface area contributed by atoms with Crippen LogP contribution in [0.5, 0.6) is 11.5 Å². The van der Waals surface area contributed by atoms with Gasteiger partial charge < -0.3 is 9.47 Å². The quantitative estimate of drug-likeness (QED) is 0.340. The number of benzene rings is 3. The summed E-state index contributed by atoms with van der Waals surface area (Å²) in [5.41, 5.74) is 5.16. The molecule has 188 valence electrons. The van der Waals surface area contributed by atoms with Crippen molar-refractivity contribution < 1.29 is 14.3 Å². The molecule has 0 spiro atoms. The second-order valence-corrected chi connectivity index (χ2v) is 13.5. The molecular formula is C31H29NO3S2. The second-order valence-electron chi connectivity index (χ2n) is 11.9. The number of carbonyl (C=O) groups excluding carboxylic acids is 1. The number of ether oxygens (including phenoxy) is 2. The van der Waals surface area contributed by atoms with Crippen molar-refractivity contribution in [1.82, 2.24) is 4.90 Å². The van der Waals surface area contributed by atoms with Crippen LogP contribution in [-0.4, -0.2) is 27.7 Å². The standard InChI is InChI=1S/C31H29NO3S2/c33-28-16-37-30(36)32(28)15-18-4-5-25-22(9-18)2-1-3-24(25)23-10-26(29-27(11-23)34-17-35-29)31-12-19-6-20(13-31)8-21(7-19)14-31/h1-5,9-11,19-21H,6-8,12-17H2. The van der Waals surface area contributed by atoms with Crippen LogP contribution < -0.4 is 9.47 Å². The van der Waals surface area contributed by atoms with E-state index in [0.29, 0.717) is 23.4 Å². The van der Waals surface area contributed by atoms with E-state index < -0.39 is 0 Å². The molecule has 4 saturated carbocycles. The van der Waals surface area contributed by atoms with E-state index in [1.165, 1.54) is 77.7 Å². The first-order valence-electron chi connectivity index (χ1n) is 13.5. The zero-order valence-electron chi connectivity index (χ0n) is 20.7. The summed E-state index contributed by atoms with van der Waals surface area (Å²) in [6.07, 6.45) is 8.18. The molecule has 3 aromatic rings. The Morgan fingerprint density at radius 3 is 2.49 bits per heavy atom. The van der Waals surface area contributed by atoms with E-state index in [0.717, 1.165) is 34.8 Å². The predicted octanol–water partition coefficient (Wildman–Crippen LogP) is 7.06. The van der Waals surface area contributed by atoms with Gasteiger partial charge in [0.05, 0.1) is 12.3 Å². The largest absolute Gasteiger partial charge is 0.454 e. The fraction of sp³-hybridized carbons (Fsp3) is 0.419. The fourth-order valence-corrected chi connectivity index (χ4v) is 9.47. The molecule has 6 heteroatoms. The molecule has 0 unspecified atom stereocenters.